The van der Waals surface area contributed by atoms with Crippen LogP contribution in [0.1, 0.15) is 39.5 Å². The highest BCUT2D eigenvalue weighted by atomic mass is 32.2. The summed E-state index contributed by atoms with van der Waals surface area (Å²) in [6, 6.07) is 0.0195. The van der Waals surface area contributed by atoms with Crippen molar-refractivity contribution in [3.05, 3.63) is 0 Å². The molecular weight excluding hydrogens is 256 g/mol. The van der Waals surface area contributed by atoms with Crippen molar-refractivity contribution >= 4 is 16.2 Å². The molecule has 0 aromatic carbocycles. The monoisotopic (exact) mass is 278 g/mol. The highest BCUT2D eigenvalue weighted by Gasteiger charge is 2.29. The van der Waals surface area contributed by atoms with Crippen LogP contribution in [0.2, 0.25) is 0 Å². The lowest BCUT2D eigenvalue weighted by atomic mass is 10.1. The van der Waals surface area contributed by atoms with E-state index in [0.717, 1.165) is 19.3 Å². The summed E-state index contributed by atoms with van der Waals surface area (Å²) in [5.74, 6) is -1.12. The summed E-state index contributed by atoms with van der Waals surface area (Å²) >= 11 is 0. The van der Waals surface area contributed by atoms with Crippen molar-refractivity contribution in [2.45, 2.75) is 45.6 Å². The zero-order valence-electron chi connectivity index (χ0n) is 10.9. The van der Waals surface area contributed by atoms with Gasteiger partial charge >= 0.3 is 5.97 Å². The second kappa shape index (κ2) is 6.49. The van der Waals surface area contributed by atoms with Crippen LogP contribution >= 0.6 is 0 Å². The molecule has 0 aliphatic carbocycles. The van der Waals surface area contributed by atoms with E-state index in [-0.39, 0.29) is 24.9 Å². The fraction of sp³-hybridized carbons (Fsp3) is 0.909. The maximum atomic E-state index is 12.1. The van der Waals surface area contributed by atoms with E-state index >= 15 is 0 Å². The van der Waals surface area contributed by atoms with E-state index in [9.17, 15) is 13.2 Å². The molecule has 1 rings (SSSR count). The normalized spacial score (nSPS) is 23.8. The van der Waals surface area contributed by atoms with Gasteiger partial charge in [-0.1, -0.05) is 13.3 Å². The molecular formula is C11H22N2O4S. The smallest absolute Gasteiger partial charge is 0.303 e. The van der Waals surface area contributed by atoms with Crippen molar-refractivity contribution in [2.75, 3.05) is 13.1 Å². The van der Waals surface area contributed by atoms with Gasteiger partial charge in [-0.3, -0.25) is 4.79 Å². The second-order valence-electron chi connectivity index (χ2n) is 5.01. The Hall–Kier alpha value is -0.660. The van der Waals surface area contributed by atoms with Crippen LogP contribution in [0, 0.1) is 5.92 Å². The number of carboxylic acids is 1. The number of piperidine rings is 1. The van der Waals surface area contributed by atoms with Gasteiger partial charge in [-0.05, 0) is 25.7 Å². The summed E-state index contributed by atoms with van der Waals surface area (Å²) in [4.78, 5) is 10.5. The van der Waals surface area contributed by atoms with E-state index in [1.807, 2.05) is 6.92 Å². The van der Waals surface area contributed by atoms with Gasteiger partial charge in [0.25, 0.3) is 10.2 Å². The third-order valence-corrected chi connectivity index (χ3v) is 4.88. The zero-order chi connectivity index (χ0) is 13.8. The molecule has 7 heteroatoms. The fourth-order valence-electron chi connectivity index (χ4n) is 2.13. The molecule has 1 heterocycles. The first-order valence-electron chi connectivity index (χ1n) is 6.31. The van der Waals surface area contributed by atoms with Gasteiger partial charge in [-0.2, -0.15) is 12.7 Å². The molecule has 1 fully saturated rings. The number of nitrogens with one attached hydrogen (secondary N) is 1. The Morgan fingerprint density at radius 1 is 1.50 bits per heavy atom. The van der Waals surface area contributed by atoms with E-state index in [0.29, 0.717) is 6.54 Å². The maximum Gasteiger partial charge on any atom is 0.303 e. The van der Waals surface area contributed by atoms with Gasteiger partial charge in [0.05, 0.1) is 0 Å². The molecule has 1 aliphatic rings. The molecule has 0 spiro atoms. The van der Waals surface area contributed by atoms with Crippen molar-refractivity contribution < 1.29 is 18.3 Å². The average molecular weight is 278 g/mol. The van der Waals surface area contributed by atoms with Gasteiger partial charge in [-0.25, -0.2) is 4.72 Å². The van der Waals surface area contributed by atoms with E-state index in [1.54, 1.807) is 6.92 Å². The Kier molecular flexibility index (Phi) is 5.55. The number of aliphatic carboxylic acids is 1. The predicted molar refractivity (Wildman–Crippen MR) is 68.4 cm³/mol. The number of carbonyl (C=O) groups is 1. The van der Waals surface area contributed by atoms with Crippen molar-refractivity contribution in [1.29, 1.82) is 0 Å². The Bertz CT molecular complexity index is 383. The third kappa shape index (κ3) is 4.55. The van der Waals surface area contributed by atoms with E-state index < -0.39 is 16.2 Å². The van der Waals surface area contributed by atoms with Crippen LogP contribution in [0.25, 0.3) is 0 Å². The Labute approximate surface area is 109 Å². The van der Waals surface area contributed by atoms with Crippen LogP contribution in [0.5, 0.6) is 0 Å². The Morgan fingerprint density at radius 3 is 2.72 bits per heavy atom. The Morgan fingerprint density at radius 2 is 2.17 bits per heavy atom. The van der Waals surface area contributed by atoms with Crippen LogP contribution in [0.15, 0.2) is 0 Å². The first kappa shape index (κ1) is 15.4. The maximum absolute atomic E-state index is 12.1. The number of rotatable bonds is 6. The molecule has 2 N–H and O–H groups in total. The third-order valence-electron chi connectivity index (χ3n) is 3.19. The molecule has 1 aliphatic heterocycles. The van der Waals surface area contributed by atoms with Crippen LogP contribution in [0.4, 0.5) is 0 Å². The highest BCUT2D eigenvalue weighted by Crippen LogP contribution is 2.19. The minimum absolute atomic E-state index is 0.0195. The van der Waals surface area contributed by atoms with Gasteiger partial charge in [0.1, 0.15) is 0 Å². The molecule has 2 unspecified atom stereocenters. The fourth-order valence-corrected chi connectivity index (χ4v) is 3.74. The number of nitrogens with zero attached hydrogens (tertiary/aromatic N) is 1. The lowest BCUT2D eigenvalue weighted by molar-refractivity contribution is -0.137. The van der Waals surface area contributed by atoms with Gasteiger partial charge in [-0.15, -0.1) is 0 Å². The molecule has 1 saturated heterocycles. The first-order valence-corrected chi connectivity index (χ1v) is 7.75. The lowest BCUT2D eigenvalue weighted by Crippen LogP contribution is -2.48. The summed E-state index contributed by atoms with van der Waals surface area (Å²) < 4.78 is 28.1. The Balaban J connectivity index is 2.51. The molecule has 0 saturated carbocycles. The van der Waals surface area contributed by atoms with Crippen LogP contribution in [-0.4, -0.2) is 42.9 Å². The van der Waals surface area contributed by atoms with Gasteiger partial charge in [0, 0.05) is 25.6 Å². The summed E-state index contributed by atoms with van der Waals surface area (Å²) in [6.45, 7) is 4.33. The van der Waals surface area contributed by atoms with Crippen molar-refractivity contribution in [3.8, 4) is 0 Å². The van der Waals surface area contributed by atoms with Gasteiger partial charge in [0.15, 0.2) is 0 Å². The van der Waals surface area contributed by atoms with E-state index in [2.05, 4.69) is 4.72 Å². The van der Waals surface area contributed by atoms with E-state index in [1.165, 1.54) is 4.31 Å². The van der Waals surface area contributed by atoms with Gasteiger partial charge < -0.3 is 5.11 Å². The first-order chi connectivity index (χ1) is 8.33. The molecule has 0 aromatic rings. The minimum atomic E-state index is -3.47. The summed E-state index contributed by atoms with van der Waals surface area (Å²) in [5.41, 5.74) is 0. The zero-order valence-corrected chi connectivity index (χ0v) is 11.7. The average Bonchev–Trinajstić information content (AvgIpc) is 2.26. The van der Waals surface area contributed by atoms with Crippen molar-refractivity contribution in [3.63, 3.8) is 0 Å². The molecule has 106 valence electrons. The lowest BCUT2D eigenvalue weighted by Gasteiger charge is -2.32. The SMILES string of the molecule is CC(CNS(=O)(=O)N1CCCCC1C)CC(=O)O. The summed E-state index contributed by atoms with van der Waals surface area (Å²) in [7, 11) is -3.47. The summed E-state index contributed by atoms with van der Waals surface area (Å²) in [5, 5.41) is 8.62. The quantitative estimate of drug-likeness (QED) is 0.752. The molecule has 6 nitrogen and oxygen atoms in total. The second-order valence-corrected chi connectivity index (χ2v) is 6.72. The molecule has 2 atom stereocenters. The highest BCUT2D eigenvalue weighted by molar-refractivity contribution is 7.87. The molecule has 0 amide bonds. The van der Waals surface area contributed by atoms with Crippen molar-refractivity contribution in [1.82, 2.24) is 9.03 Å². The minimum Gasteiger partial charge on any atom is -0.481 e. The molecule has 0 aromatic heterocycles. The number of hydrogen-bond donors (Lipinski definition) is 2. The van der Waals surface area contributed by atoms with Crippen LogP contribution < -0.4 is 4.72 Å². The largest absolute Gasteiger partial charge is 0.481 e. The molecule has 0 bridgehead atoms. The number of carboxylic acid groups (broad SMARTS) is 1. The molecule has 18 heavy (non-hydrogen) atoms. The van der Waals surface area contributed by atoms with E-state index in [4.69, 9.17) is 5.11 Å². The number of hydrogen-bond acceptors (Lipinski definition) is 3. The topological polar surface area (TPSA) is 86.7 Å². The summed E-state index contributed by atoms with van der Waals surface area (Å²) in [6.07, 6.45) is 2.79. The van der Waals surface area contributed by atoms with Crippen LogP contribution in [-0.2, 0) is 15.0 Å². The predicted octanol–water partition coefficient (Wildman–Crippen LogP) is 0.806. The molecule has 0 radical (unpaired) electrons. The standard InChI is InChI=1S/C11H22N2O4S/c1-9(7-11(14)15)8-12-18(16,17)13-6-4-3-5-10(13)2/h9-10,12H,3-8H2,1-2H3,(H,14,15). The van der Waals surface area contributed by atoms with Gasteiger partial charge in [0.2, 0.25) is 0 Å². The van der Waals surface area contributed by atoms with Crippen molar-refractivity contribution in [2.24, 2.45) is 5.92 Å². The van der Waals surface area contributed by atoms with Crippen LogP contribution in [0.3, 0.4) is 0 Å².